The van der Waals surface area contributed by atoms with E-state index < -0.39 is 5.91 Å². The van der Waals surface area contributed by atoms with Crippen LogP contribution in [-0.4, -0.2) is 39.6 Å². The molecular formula is C14H17N5O3. The minimum absolute atomic E-state index is 0.00250. The number of methoxy groups -OCH3 is 1. The summed E-state index contributed by atoms with van der Waals surface area (Å²) < 4.78 is 10.2. The van der Waals surface area contributed by atoms with Gasteiger partial charge in [-0.2, -0.15) is 4.98 Å². The molecule has 1 fully saturated rings. The number of amides is 1. The summed E-state index contributed by atoms with van der Waals surface area (Å²) in [6.45, 7) is 1.64. The van der Waals surface area contributed by atoms with Crippen LogP contribution in [0.4, 0.5) is 0 Å². The highest BCUT2D eigenvalue weighted by molar-refractivity contribution is 5.88. The van der Waals surface area contributed by atoms with Gasteiger partial charge in [0.25, 0.3) is 11.7 Å². The van der Waals surface area contributed by atoms with Gasteiger partial charge in [-0.1, -0.05) is 11.2 Å². The fraction of sp³-hybridized carbons (Fsp3) is 0.429. The van der Waals surface area contributed by atoms with Gasteiger partial charge < -0.3 is 15.0 Å². The maximum Gasteiger partial charge on any atom is 0.290 e. The molecule has 0 bridgehead atoms. The lowest BCUT2D eigenvalue weighted by Crippen LogP contribution is -2.23. The highest BCUT2D eigenvalue weighted by Crippen LogP contribution is 2.32. The second-order valence-corrected chi connectivity index (χ2v) is 5.16. The average Bonchev–Trinajstić information content (AvgIpc) is 3.16. The molecule has 8 nitrogen and oxygen atoms in total. The number of hydrogen-bond acceptors (Lipinski definition) is 7. The zero-order valence-electron chi connectivity index (χ0n) is 12.2. The third kappa shape index (κ3) is 2.91. The molecule has 1 aliphatic rings. The van der Waals surface area contributed by atoms with E-state index in [1.54, 1.807) is 13.3 Å². The number of nitrogens with two attached hydrogens (primary N) is 1. The van der Waals surface area contributed by atoms with Crippen LogP contribution in [0.25, 0.3) is 0 Å². The van der Waals surface area contributed by atoms with E-state index in [-0.39, 0.29) is 11.9 Å². The molecule has 116 valence electrons. The van der Waals surface area contributed by atoms with Crippen molar-refractivity contribution in [3.63, 3.8) is 0 Å². The maximum atomic E-state index is 11.1. The molecule has 1 atom stereocenters. The van der Waals surface area contributed by atoms with E-state index in [0.29, 0.717) is 11.8 Å². The first kappa shape index (κ1) is 14.5. The molecule has 1 aliphatic heterocycles. The fourth-order valence-corrected chi connectivity index (χ4v) is 2.63. The maximum absolute atomic E-state index is 11.1. The number of carbonyl (C=O) groups excluding carboxylic acids is 1. The van der Waals surface area contributed by atoms with Crippen LogP contribution in [0.2, 0.25) is 0 Å². The van der Waals surface area contributed by atoms with Gasteiger partial charge in [0.05, 0.1) is 13.2 Å². The Bertz CT molecular complexity index is 655. The second kappa shape index (κ2) is 6.10. The van der Waals surface area contributed by atoms with Crippen LogP contribution in [0.1, 0.15) is 41.0 Å². The highest BCUT2D eigenvalue weighted by atomic mass is 16.5. The Labute approximate surface area is 127 Å². The number of pyridine rings is 1. The fourth-order valence-electron chi connectivity index (χ4n) is 2.63. The van der Waals surface area contributed by atoms with Gasteiger partial charge in [0.15, 0.2) is 0 Å². The number of hydrogen-bond donors (Lipinski definition) is 1. The smallest absolute Gasteiger partial charge is 0.290 e. The Hall–Kier alpha value is -2.48. The Morgan fingerprint density at radius 1 is 1.55 bits per heavy atom. The minimum atomic E-state index is -0.682. The van der Waals surface area contributed by atoms with E-state index in [1.165, 1.54) is 0 Å². The van der Waals surface area contributed by atoms with E-state index in [4.69, 9.17) is 15.0 Å². The number of carbonyl (C=O) groups is 1. The van der Waals surface area contributed by atoms with Gasteiger partial charge in [-0.3, -0.25) is 9.69 Å². The van der Waals surface area contributed by atoms with Gasteiger partial charge >= 0.3 is 0 Å². The predicted octanol–water partition coefficient (Wildman–Crippen LogP) is 0.909. The molecule has 0 unspecified atom stereocenters. The molecule has 8 heteroatoms. The minimum Gasteiger partial charge on any atom is -0.481 e. The predicted molar refractivity (Wildman–Crippen MR) is 76.0 cm³/mol. The molecule has 2 aromatic rings. The zero-order chi connectivity index (χ0) is 15.5. The Morgan fingerprint density at radius 3 is 3.05 bits per heavy atom. The summed E-state index contributed by atoms with van der Waals surface area (Å²) in [4.78, 5) is 21.6. The Morgan fingerprint density at radius 2 is 2.41 bits per heavy atom. The largest absolute Gasteiger partial charge is 0.481 e. The summed E-state index contributed by atoms with van der Waals surface area (Å²) in [5.41, 5.74) is 6.23. The summed E-state index contributed by atoms with van der Waals surface area (Å²) in [7, 11) is 1.59. The van der Waals surface area contributed by atoms with Crippen LogP contribution in [0.15, 0.2) is 22.9 Å². The quantitative estimate of drug-likeness (QED) is 0.874. The number of nitrogens with zero attached hydrogens (tertiary/aromatic N) is 4. The first-order chi connectivity index (χ1) is 10.7. The van der Waals surface area contributed by atoms with Crippen LogP contribution < -0.4 is 10.5 Å². The highest BCUT2D eigenvalue weighted by Gasteiger charge is 2.31. The van der Waals surface area contributed by atoms with E-state index >= 15 is 0 Å². The van der Waals surface area contributed by atoms with Crippen LogP contribution in [0.3, 0.4) is 0 Å². The third-order valence-corrected chi connectivity index (χ3v) is 3.70. The van der Waals surface area contributed by atoms with E-state index in [9.17, 15) is 4.79 Å². The van der Waals surface area contributed by atoms with Crippen LogP contribution >= 0.6 is 0 Å². The van der Waals surface area contributed by atoms with E-state index in [0.717, 1.165) is 31.5 Å². The van der Waals surface area contributed by atoms with Crippen molar-refractivity contribution in [2.24, 2.45) is 5.73 Å². The van der Waals surface area contributed by atoms with Gasteiger partial charge in [-0.15, -0.1) is 0 Å². The first-order valence-electron chi connectivity index (χ1n) is 7.03. The van der Waals surface area contributed by atoms with Crippen molar-refractivity contribution in [2.75, 3.05) is 13.7 Å². The molecule has 0 aromatic carbocycles. The van der Waals surface area contributed by atoms with Crippen molar-refractivity contribution in [1.29, 1.82) is 0 Å². The lowest BCUT2D eigenvalue weighted by atomic mass is 10.2. The molecule has 1 saturated heterocycles. The molecule has 22 heavy (non-hydrogen) atoms. The number of primary amides is 1. The number of rotatable bonds is 5. The molecule has 3 heterocycles. The second-order valence-electron chi connectivity index (χ2n) is 5.16. The summed E-state index contributed by atoms with van der Waals surface area (Å²) in [5.74, 6) is 0.268. The normalized spacial score (nSPS) is 18.5. The molecule has 2 aromatic heterocycles. The van der Waals surface area contributed by atoms with Crippen molar-refractivity contribution in [3.8, 4) is 5.88 Å². The lowest BCUT2D eigenvalue weighted by Gasteiger charge is -2.21. The molecule has 1 amide bonds. The number of aromatic nitrogens is 3. The average molecular weight is 303 g/mol. The van der Waals surface area contributed by atoms with Crippen molar-refractivity contribution < 1.29 is 14.1 Å². The summed E-state index contributed by atoms with van der Waals surface area (Å²) >= 11 is 0. The summed E-state index contributed by atoms with van der Waals surface area (Å²) in [6, 6.07) is 3.81. The van der Waals surface area contributed by atoms with Gasteiger partial charge in [-0.25, -0.2) is 4.98 Å². The molecule has 0 aliphatic carbocycles. The Balaban J connectivity index is 1.73. The van der Waals surface area contributed by atoms with Gasteiger partial charge in [0.1, 0.15) is 0 Å². The summed E-state index contributed by atoms with van der Waals surface area (Å²) in [5, 5.41) is 3.61. The topological polar surface area (TPSA) is 107 Å². The molecule has 0 radical (unpaired) electrons. The van der Waals surface area contributed by atoms with Crippen LogP contribution in [0.5, 0.6) is 5.88 Å². The van der Waals surface area contributed by atoms with Crippen LogP contribution in [0, 0.1) is 0 Å². The first-order valence-corrected chi connectivity index (χ1v) is 7.03. The van der Waals surface area contributed by atoms with Gasteiger partial charge in [0, 0.05) is 18.8 Å². The van der Waals surface area contributed by atoms with E-state index in [2.05, 4.69) is 20.0 Å². The third-order valence-electron chi connectivity index (χ3n) is 3.70. The van der Waals surface area contributed by atoms with Gasteiger partial charge in [-0.05, 0) is 24.9 Å². The monoisotopic (exact) mass is 303 g/mol. The molecular weight excluding hydrogens is 286 g/mol. The number of likely N-dealkylation sites (tertiary alicyclic amines) is 1. The number of ether oxygens (including phenoxy) is 1. The molecule has 0 saturated carbocycles. The SMILES string of the molecule is COc1ccc(CN2CCC[C@H]2c2nc(C(N)=O)no2)cn1. The van der Waals surface area contributed by atoms with Crippen molar-refractivity contribution in [3.05, 3.63) is 35.6 Å². The summed E-state index contributed by atoms with van der Waals surface area (Å²) in [6.07, 6.45) is 3.73. The van der Waals surface area contributed by atoms with Crippen molar-refractivity contribution in [1.82, 2.24) is 20.0 Å². The lowest BCUT2D eigenvalue weighted by molar-refractivity contribution is 0.0987. The van der Waals surface area contributed by atoms with Crippen molar-refractivity contribution in [2.45, 2.75) is 25.4 Å². The van der Waals surface area contributed by atoms with E-state index in [1.807, 2.05) is 12.1 Å². The molecule has 3 rings (SSSR count). The Kier molecular flexibility index (Phi) is 4.01. The van der Waals surface area contributed by atoms with Crippen LogP contribution in [-0.2, 0) is 6.54 Å². The van der Waals surface area contributed by atoms with Crippen molar-refractivity contribution >= 4 is 5.91 Å². The zero-order valence-corrected chi connectivity index (χ0v) is 12.2. The molecule has 0 spiro atoms. The molecule has 2 N–H and O–H groups in total. The van der Waals surface area contributed by atoms with Gasteiger partial charge in [0.2, 0.25) is 11.8 Å². The standard InChI is InChI=1S/C14H17N5O3/c1-21-11-5-4-9(7-16-11)8-19-6-2-3-10(19)14-17-13(12(15)20)18-22-14/h4-5,7,10H,2-3,6,8H2,1H3,(H2,15,20)/t10-/m0/s1.